The molecule has 1 saturated heterocycles. The van der Waals surface area contributed by atoms with E-state index in [1.807, 2.05) is 30.3 Å². The first-order valence-corrected chi connectivity index (χ1v) is 6.89. The third-order valence-electron chi connectivity index (χ3n) is 3.60. The second-order valence-electron chi connectivity index (χ2n) is 4.99. The molecule has 0 aliphatic carbocycles. The number of rotatable bonds is 2. The predicted octanol–water partition coefficient (Wildman–Crippen LogP) is 2.11. The molecule has 1 aromatic rings. The van der Waals surface area contributed by atoms with E-state index in [0.717, 1.165) is 31.5 Å². The molecule has 23 heavy (non-hydrogen) atoms. The van der Waals surface area contributed by atoms with Crippen LogP contribution in [0.15, 0.2) is 30.3 Å². The lowest BCUT2D eigenvalue weighted by molar-refractivity contribution is -0.192. The summed E-state index contributed by atoms with van der Waals surface area (Å²) in [4.78, 5) is 20.9. The third kappa shape index (κ3) is 4.95. The van der Waals surface area contributed by atoms with Gasteiger partial charge in [-0.25, -0.2) is 4.79 Å². The molecule has 1 fully saturated rings. The number of piperidine rings is 1. The molecular weight excluding hydrogens is 315 g/mol. The Kier molecular flexibility index (Phi) is 6.56. The quantitative estimate of drug-likeness (QED) is 0.811. The van der Waals surface area contributed by atoms with Crippen LogP contribution in [0.5, 0.6) is 0 Å². The van der Waals surface area contributed by atoms with Crippen molar-refractivity contribution in [2.24, 2.45) is 0 Å². The summed E-state index contributed by atoms with van der Waals surface area (Å²) in [6.45, 7) is 1.73. The van der Waals surface area contributed by atoms with Crippen molar-refractivity contribution in [1.82, 2.24) is 5.32 Å². The van der Waals surface area contributed by atoms with Crippen LogP contribution in [-0.2, 0) is 19.7 Å². The van der Waals surface area contributed by atoms with Gasteiger partial charge < -0.3 is 15.2 Å². The lowest BCUT2D eigenvalue weighted by Crippen LogP contribution is -2.46. The summed E-state index contributed by atoms with van der Waals surface area (Å²) in [6.07, 6.45) is -3.46. The molecule has 0 radical (unpaired) electrons. The van der Waals surface area contributed by atoms with Crippen molar-refractivity contribution in [3.63, 3.8) is 0 Å². The van der Waals surface area contributed by atoms with E-state index in [0.29, 0.717) is 0 Å². The van der Waals surface area contributed by atoms with E-state index in [1.165, 1.54) is 7.11 Å². The maximum Gasteiger partial charge on any atom is 0.490 e. The summed E-state index contributed by atoms with van der Waals surface area (Å²) in [5.41, 5.74) is 0.629. The van der Waals surface area contributed by atoms with Gasteiger partial charge in [-0.1, -0.05) is 30.3 Å². The Morgan fingerprint density at radius 1 is 1.17 bits per heavy atom. The average Bonchev–Trinajstić information content (AvgIpc) is 2.55. The molecule has 0 atom stereocenters. The van der Waals surface area contributed by atoms with Gasteiger partial charge >= 0.3 is 18.1 Å². The zero-order chi connectivity index (χ0) is 17.5. The van der Waals surface area contributed by atoms with Crippen molar-refractivity contribution < 1.29 is 32.6 Å². The number of carbonyl (C=O) groups excluding carboxylic acids is 1. The second-order valence-corrected chi connectivity index (χ2v) is 4.99. The summed E-state index contributed by atoms with van der Waals surface area (Å²) in [7, 11) is 1.47. The number of methoxy groups -OCH3 is 1. The molecule has 1 aliphatic heterocycles. The maximum atomic E-state index is 12.0. The van der Waals surface area contributed by atoms with Crippen LogP contribution in [0.2, 0.25) is 0 Å². The van der Waals surface area contributed by atoms with Crippen LogP contribution in [0.3, 0.4) is 0 Å². The van der Waals surface area contributed by atoms with Crippen LogP contribution in [0.4, 0.5) is 13.2 Å². The van der Waals surface area contributed by atoms with E-state index < -0.39 is 17.6 Å². The number of halogens is 3. The van der Waals surface area contributed by atoms with E-state index in [9.17, 15) is 18.0 Å². The van der Waals surface area contributed by atoms with Gasteiger partial charge in [0.05, 0.1) is 12.5 Å². The van der Waals surface area contributed by atoms with E-state index in [2.05, 4.69) is 5.32 Å². The highest BCUT2D eigenvalue weighted by molar-refractivity contribution is 5.83. The summed E-state index contributed by atoms with van der Waals surface area (Å²) >= 11 is 0. The molecule has 128 valence electrons. The van der Waals surface area contributed by atoms with Crippen LogP contribution in [-0.4, -0.2) is 43.4 Å². The van der Waals surface area contributed by atoms with Crippen LogP contribution in [0.25, 0.3) is 0 Å². The second kappa shape index (κ2) is 7.96. The molecular formula is C15H18F3NO4. The Bertz CT molecular complexity index is 525. The topological polar surface area (TPSA) is 75.6 Å². The number of alkyl halides is 3. The highest BCUT2D eigenvalue weighted by Gasteiger charge is 2.42. The molecule has 2 N–H and O–H groups in total. The zero-order valence-electron chi connectivity index (χ0n) is 12.5. The van der Waals surface area contributed by atoms with Crippen LogP contribution < -0.4 is 5.32 Å². The number of nitrogens with one attached hydrogen (secondary N) is 1. The smallest absolute Gasteiger partial charge is 0.475 e. The van der Waals surface area contributed by atoms with Gasteiger partial charge in [-0.2, -0.15) is 13.2 Å². The Balaban J connectivity index is 0.000000322. The third-order valence-corrected chi connectivity index (χ3v) is 3.60. The van der Waals surface area contributed by atoms with Crippen molar-refractivity contribution >= 4 is 11.9 Å². The Morgan fingerprint density at radius 2 is 1.65 bits per heavy atom. The highest BCUT2D eigenvalue weighted by Crippen LogP contribution is 2.34. The normalized spacial score (nSPS) is 16.7. The van der Waals surface area contributed by atoms with Crippen molar-refractivity contribution in [2.75, 3.05) is 20.2 Å². The Hall–Kier alpha value is -2.09. The number of carbonyl (C=O) groups is 2. The number of hydrogen-bond donors (Lipinski definition) is 2. The first kappa shape index (κ1) is 19.0. The van der Waals surface area contributed by atoms with Gasteiger partial charge in [0.15, 0.2) is 0 Å². The first-order chi connectivity index (χ1) is 10.7. The molecule has 0 spiro atoms. The Labute approximate surface area is 131 Å². The number of esters is 1. The van der Waals surface area contributed by atoms with Crippen LogP contribution >= 0.6 is 0 Å². The molecule has 2 rings (SSSR count). The van der Waals surface area contributed by atoms with Gasteiger partial charge in [0, 0.05) is 0 Å². The van der Waals surface area contributed by atoms with Crippen LogP contribution in [0, 0.1) is 0 Å². The molecule has 5 nitrogen and oxygen atoms in total. The van der Waals surface area contributed by atoms with Crippen molar-refractivity contribution in [3.05, 3.63) is 35.9 Å². The lowest BCUT2D eigenvalue weighted by Gasteiger charge is -2.35. The SMILES string of the molecule is COC(=O)C1(c2ccccc2)CCNCC1.O=C(O)C(F)(F)F. The van der Waals surface area contributed by atoms with E-state index in [1.54, 1.807) is 0 Å². The summed E-state index contributed by atoms with van der Waals surface area (Å²) < 4.78 is 36.7. The van der Waals surface area contributed by atoms with E-state index >= 15 is 0 Å². The largest absolute Gasteiger partial charge is 0.490 e. The monoisotopic (exact) mass is 333 g/mol. The molecule has 1 heterocycles. The fourth-order valence-electron chi connectivity index (χ4n) is 2.42. The van der Waals surface area contributed by atoms with Gasteiger partial charge in [-0.15, -0.1) is 0 Å². The first-order valence-electron chi connectivity index (χ1n) is 6.89. The zero-order valence-corrected chi connectivity index (χ0v) is 12.5. The minimum absolute atomic E-state index is 0.111. The lowest BCUT2D eigenvalue weighted by atomic mass is 9.73. The minimum Gasteiger partial charge on any atom is -0.475 e. The van der Waals surface area contributed by atoms with Crippen LogP contribution in [0.1, 0.15) is 18.4 Å². The summed E-state index contributed by atoms with van der Waals surface area (Å²) in [6, 6.07) is 9.95. The number of ether oxygens (including phenoxy) is 1. The van der Waals surface area contributed by atoms with E-state index in [4.69, 9.17) is 14.6 Å². The van der Waals surface area contributed by atoms with E-state index in [-0.39, 0.29) is 5.97 Å². The van der Waals surface area contributed by atoms with Gasteiger partial charge in [-0.3, -0.25) is 4.79 Å². The number of carboxylic acids is 1. The van der Waals surface area contributed by atoms with Crippen molar-refractivity contribution in [3.8, 4) is 0 Å². The molecule has 0 aromatic heterocycles. The average molecular weight is 333 g/mol. The Morgan fingerprint density at radius 3 is 2.04 bits per heavy atom. The summed E-state index contributed by atoms with van der Waals surface area (Å²) in [5.74, 6) is -2.87. The van der Waals surface area contributed by atoms with Gasteiger partial charge in [0.2, 0.25) is 0 Å². The van der Waals surface area contributed by atoms with Gasteiger partial charge in [0.1, 0.15) is 0 Å². The molecule has 0 saturated carbocycles. The van der Waals surface area contributed by atoms with Crippen molar-refractivity contribution in [2.45, 2.75) is 24.4 Å². The van der Waals surface area contributed by atoms with Gasteiger partial charge in [0.25, 0.3) is 0 Å². The fourth-order valence-corrected chi connectivity index (χ4v) is 2.42. The van der Waals surface area contributed by atoms with Crippen molar-refractivity contribution in [1.29, 1.82) is 0 Å². The molecule has 1 aliphatic rings. The number of carboxylic acid groups (broad SMARTS) is 1. The maximum absolute atomic E-state index is 12.0. The number of benzene rings is 1. The fraction of sp³-hybridized carbons (Fsp3) is 0.467. The molecule has 0 bridgehead atoms. The summed E-state index contributed by atoms with van der Waals surface area (Å²) in [5, 5.41) is 10.4. The molecule has 0 amide bonds. The number of aliphatic carboxylic acids is 1. The minimum atomic E-state index is -5.08. The van der Waals surface area contributed by atoms with Gasteiger partial charge in [-0.05, 0) is 31.5 Å². The standard InChI is InChI=1S/C13H17NO2.C2HF3O2/c1-16-12(15)13(7-9-14-10-8-13)11-5-3-2-4-6-11;3-2(4,5)1(6)7/h2-6,14H,7-10H2,1H3;(H,6,7). The molecule has 0 unspecified atom stereocenters. The predicted molar refractivity (Wildman–Crippen MR) is 75.9 cm³/mol. The number of hydrogen-bond acceptors (Lipinski definition) is 4. The molecule has 1 aromatic carbocycles. The molecule has 8 heteroatoms. The highest BCUT2D eigenvalue weighted by atomic mass is 19.4.